The molecule has 0 aliphatic rings. The number of hydrogen-bond donors (Lipinski definition) is 0. The maximum atomic E-state index is 12.9. The summed E-state index contributed by atoms with van der Waals surface area (Å²) in [7, 11) is 0. The van der Waals surface area contributed by atoms with Crippen LogP contribution in [0.25, 0.3) is 10.2 Å². The summed E-state index contributed by atoms with van der Waals surface area (Å²) in [6, 6.07) is 8.95. The molecule has 0 saturated heterocycles. The lowest BCUT2D eigenvalue weighted by molar-refractivity contribution is 0.0957. The van der Waals surface area contributed by atoms with E-state index in [0.717, 1.165) is 29.9 Å². The van der Waals surface area contributed by atoms with Gasteiger partial charge in [-0.15, -0.1) is 12.4 Å². The molecule has 8 heteroatoms. The number of likely N-dealkylation sites (N-methyl/N-ethyl adjacent to an activating group) is 1. The van der Waals surface area contributed by atoms with E-state index in [1.54, 1.807) is 17.0 Å². The molecular weight excluding hydrogens is 393 g/mol. The van der Waals surface area contributed by atoms with E-state index in [4.69, 9.17) is 16.0 Å². The first-order chi connectivity index (χ1) is 12.1. The molecule has 0 spiro atoms. The largest absolute Gasteiger partial charge is 0.459 e. The minimum absolute atomic E-state index is 0. The van der Waals surface area contributed by atoms with Gasteiger partial charge in [0.05, 0.1) is 16.5 Å². The van der Waals surface area contributed by atoms with Gasteiger partial charge in [0.1, 0.15) is 0 Å². The maximum absolute atomic E-state index is 12.9. The number of hydrogen-bond acceptors (Lipinski definition) is 5. The van der Waals surface area contributed by atoms with Crippen LogP contribution < -0.4 is 4.90 Å². The van der Waals surface area contributed by atoms with Crippen LogP contribution in [0.4, 0.5) is 5.13 Å². The number of furan rings is 1. The standard InChI is InChI=1S/C18H20ClN3O2S.ClH/c1-3-21(4-2)9-10-22(17(23)15-6-5-11-24-15)18-20-14-8-7-13(19)12-16(14)25-18;/h5-8,11-12H,3-4,9-10H2,1-2H3;1H. The molecule has 0 aliphatic heterocycles. The molecule has 0 unspecified atom stereocenters. The van der Waals surface area contributed by atoms with Crippen molar-refractivity contribution in [2.75, 3.05) is 31.1 Å². The van der Waals surface area contributed by atoms with Crippen molar-refractivity contribution in [3.8, 4) is 0 Å². The van der Waals surface area contributed by atoms with Crippen molar-refractivity contribution >= 4 is 56.6 Å². The lowest BCUT2D eigenvalue weighted by atomic mass is 10.3. The summed E-state index contributed by atoms with van der Waals surface area (Å²) in [5.74, 6) is 0.138. The molecule has 5 nitrogen and oxygen atoms in total. The summed E-state index contributed by atoms with van der Waals surface area (Å²) >= 11 is 7.53. The SMILES string of the molecule is CCN(CC)CCN(C(=O)c1ccco1)c1nc2ccc(Cl)cc2s1.Cl. The van der Waals surface area contributed by atoms with Gasteiger partial charge in [-0.3, -0.25) is 9.69 Å². The number of amides is 1. The number of fused-ring (bicyclic) bond motifs is 1. The predicted molar refractivity (Wildman–Crippen MR) is 110 cm³/mol. The third-order valence-corrected chi connectivity index (χ3v) is 5.36. The van der Waals surface area contributed by atoms with Gasteiger partial charge in [0.25, 0.3) is 5.91 Å². The molecule has 3 rings (SSSR count). The van der Waals surface area contributed by atoms with Crippen molar-refractivity contribution in [2.24, 2.45) is 0 Å². The first-order valence-electron chi connectivity index (χ1n) is 8.26. The molecule has 0 N–H and O–H groups in total. The summed E-state index contributed by atoms with van der Waals surface area (Å²) in [4.78, 5) is 21.5. The monoisotopic (exact) mass is 413 g/mol. The smallest absolute Gasteiger partial charge is 0.295 e. The van der Waals surface area contributed by atoms with Crippen LogP contribution in [0.15, 0.2) is 41.0 Å². The number of aromatic nitrogens is 1. The average Bonchev–Trinajstić information content (AvgIpc) is 3.27. The molecule has 0 fully saturated rings. The average molecular weight is 414 g/mol. The van der Waals surface area contributed by atoms with Gasteiger partial charge in [-0.2, -0.15) is 0 Å². The fourth-order valence-corrected chi connectivity index (χ4v) is 3.87. The lowest BCUT2D eigenvalue weighted by Gasteiger charge is -2.24. The van der Waals surface area contributed by atoms with Gasteiger partial charge in [0.2, 0.25) is 0 Å². The molecule has 0 saturated carbocycles. The molecule has 1 aromatic carbocycles. The second-order valence-electron chi connectivity index (χ2n) is 5.57. The third-order valence-electron chi connectivity index (χ3n) is 4.08. The van der Waals surface area contributed by atoms with Gasteiger partial charge >= 0.3 is 0 Å². The lowest BCUT2D eigenvalue weighted by Crippen LogP contribution is -2.38. The van der Waals surface area contributed by atoms with Crippen LogP contribution in [0, 0.1) is 0 Å². The van der Waals surface area contributed by atoms with E-state index >= 15 is 0 Å². The molecule has 0 radical (unpaired) electrons. The van der Waals surface area contributed by atoms with Crippen LogP contribution >= 0.6 is 35.3 Å². The van der Waals surface area contributed by atoms with Crippen molar-refractivity contribution < 1.29 is 9.21 Å². The zero-order chi connectivity index (χ0) is 17.8. The second-order valence-corrected chi connectivity index (χ2v) is 7.01. The van der Waals surface area contributed by atoms with Crippen LogP contribution in [0.3, 0.4) is 0 Å². The summed E-state index contributed by atoms with van der Waals surface area (Å²) in [5, 5.41) is 1.32. The third kappa shape index (κ3) is 4.57. The van der Waals surface area contributed by atoms with Crippen molar-refractivity contribution in [2.45, 2.75) is 13.8 Å². The minimum atomic E-state index is -0.178. The summed E-state index contributed by atoms with van der Waals surface area (Å²) in [5.41, 5.74) is 0.837. The number of anilines is 1. The Bertz CT molecular complexity index is 847. The highest BCUT2D eigenvalue weighted by molar-refractivity contribution is 7.22. The van der Waals surface area contributed by atoms with Crippen LogP contribution in [-0.2, 0) is 0 Å². The van der Waals surface area contributed by atoms with E-state index in [0.29, 0.717) is 22.5 Å². The Hall–Kier alpha value is -1.60. The highest BCUT2D eigenvalue weighted by atomic mass is 35.5. The first kappa shape index (κ1) is 20.7. The molecule has 26 heavy (non-hydrogen) atoms. The van der Waals surface area contributed by atoms with E-state index in [2.05, 4.69) is 23.7 Å². The number of benzene rings is 1. The second kappa shape index (κ2) is 9.37. The highest BCUT2D eigenvalue weighted by Gasteiger charge is 2.23. The van der Waals surface area contributed by atoms with Crippen molar-refractivity contribution in [1.29, 1.82) is 0 Å². The Labute approximate surface area is 168 Å². The quantitative estimate of drug-likeness (QED) is 0.549. The van der Waals surface area contributed by atoms with Crippen LogP contribution in [0.1, 0.15) is 24.4 Å². The first-order valence-corrected chi connectivity index (χ1v) is 9.45. The van der Waals surface area contributed by atoms with Crippen molar-refractivity contribution in [1.82, 2.24) is 9.88 Å². The zero-order valence-corrected chi connectivity index (χ0v) is 17.0. The molecule has 2 aromatic heterocycles. The maximum Gasteiger partial charge on any atom is 0.295 e. The molecular formula is C18H21Cl2N3O2S. The Balaban J connectivity index is 0.00000243. The number of carbonyl (C=O) groups is 1. The van der Waals surface area contributed by atoms with Gasteiger partial charge in [-0.1, -0.05) is 36.8 Å². The molecule has 0 atom stereocenters. The Kier molecular flexibility index (Phi) is 7.46. The normalized spacial score (nSPS) is 10.9. The van der Waals surface area contributed by atoms with Crippen LogP contribution in [0.2, 0.25) is 5.02 Å². The number of thiazole rings is 1. The van der Waals surface area contributed by atoms with E-state index < -0.39 is 0 Å². The Morgan fingerprint density at radius 3 is 2.65 bits per heavy atom. The van der Waals surface area contributed by atoms with Gasteiger partial charge in [-0.25, -0.2) is 4.98 Å². The fourth-order valence-electron chi connectivity index (χ4n) is 2.60. The highest BCUT2D eigenvalue weighted by Crippen LogP contribution is 2.31. The van der Waals surface area contributed by atoms with E-state index in [1.165, 1.54) is 17.6 Å². The summed E-state index contributed by atoms with van der Waals surface area (Å²) in [6.07, 6.45) is 1.51. The predicted octanol–water partition coefficient (Wildman–Crippen LogP) is 4.95. The molecule has 2 heterocycles. The van der Waals surface area contributed by atoms with Crippen molar-refractivity contribution in [3.63, 3.8) is 0 Å². The van der Waals surface area contributed by atoms with Gasteiger partial charge in [0.15, 0.2) is 10.9 Å². The zero-order valence-electron chi connectivity index (χ0n) is 14.6. The number of nitrogens with zero attached hydrogens (tertiary/aromatic N) is 3. The van der Waals surface area contributed by atoms with Crippen LogP contribution in [0.5, 0.6) is 0 Å². The molecule has 0 bridgehead atoms. The van der Waals surface area contributed by atoms with Gasteiger partial charge < -0.3 is 9.32 Å². The van der Waals surface area contributed by atoms with Crippen molar-refractivity contribution in [3.05, 3.63) is 47.4 Å². The summed E-state index contributed by atoms with van der Waals surface area (Å²) < 4.78 is 6.26. The van der Waals surface area contributed by atoms with E-state index in [-0.39, 0.29) is 18.3 Å². The molecule has 1 amide bonds. The topological polar surface area (TPSA) is 49.6 Å². The number of rotatable bonds is 7. The number of halogens is 2. The molecule has 0 aliphatic carbocycles. The Morgan fingerprint density at radius 1 is 1.23 bits per heavy atom. The van der Waals surface area contributed by atoms with E-state index in [9.17, 15) is 4.79 Å². The summed E-state index contributed by atoms with van der Waals surface area (Å²) in [6.45, 7) is 7.43. The molecule has 140 valence electrons. The minimum Gasteiger partial charge on any atom is -0.459 e. The number of carbonyl (C=O) groups excluding carboxylic acids is 1. The fraction of sp³-hybridized carbons (Fsp3) is 0.333. The van der Waals surface area contributed by atoms with Gasteiger partial charge in [-0.05, 0) is 43.4 Å². The van der Waals surface area contributed by atoms with Gasteiger partial charge in [0, 0.05) is 18.1 Å². The van der Waals surface area contributed by atoms with E-state index in [1.807, 2.05) is 18.2 Å². The van der Waals surface area contributed by atoms with Crippen LogP contribution in [-0.4, -0.2) is 42.0 Å². The Morgan fingerprint density at radius 2 is 2.00 bits per heavy atom. The molecule has 3 aromatic rings.